The molecule has 0 bridgehead atoms. The number of nitrogens with one attached hydrogen (secondary N) is 2. The molecule has 0 fully saturated rings. The van der Waals surface area contributed by atoms with Crippen molar-refractivity contribution in [1.29, 1.82) is 0 Å². The lowest BCUT2D eigenvalue weighted by molar-refractivity contribution is -0.140. The van der Waals surface area contributed by atoms with Gasteiger partial charge in [0.1, 0.15) is 12.1 Å². The molecular formula is C14H26N2O6. The van der Waals surface area contributed by atoms with Crippen LogP contribution in [-0.4, -0.2) is 52.5 Å². The molecule has 0 aliphatic heterocycles. The average Bonchev–Trinajstić information content (AvgIpc) is 2.31. The maximum absolute atomic E-state index is 11.8. The van der Waals surface area contributed by atoms with Crippen molar-refractivity contribution in [2.75, 3.05) is 6.54 Å². The maximum Gasteiger partial charge on any atom is 0.407 e. The molecule has 8 heteroatoms. The van der Waals surface area contributed by atoms with Crippen LogP contribution in [0, 0.1) is 5.92 Å². The van der Waals surface area contributed by atoms with Gasteiger partial charge in [-0.1, -0.05) is 13.8 Å². The van der Waals surface area contributed by atoms with Gasteiger partial charge in [0, 0.05) is 0 Å². The number of alkyl carbamates (subject to hydrolysis) is 1. The lowest BCUT2D eigenvalue weighted by Gasteiger charge is -2.27. The molecule has 0 aromatic heterocycles. The largest absolute Gasteiger partial charge is 0.480 e. The fourth-order valence-corrected chi connectivity index (χ4v) is 1.68. The Kier molecular flexibility index (Phi) is 7.86. The number of amides is 2. The van der Waals surface area contributed by atoms with Gasteiger partial charge in [0.25, 0.3) is 5.91 Å². The van der Waals surface area contributed by atoms with Crippen LogP contribution in [-0.2, 0) is 14.3 Å². The minimum atomic E-state index is -1.56. The van der Waals surface area contributed by atoms with Gasteiger partial charge in [-0.25, -0.2) is 4.79 Å². The van der Waals surface area contributed by atoms with Crippen molar-refractivity contribution in [2.24, 2.45) is 5.92 Å². The molecule has 0 spiro atoms. The Balaban J connectivity index is 4.77. The second-order valence-corrected chi connectivity index (χ2v) is 6.44. The SMILES string of the molecule is CC(C)CC(NC(=O)OC(C)(C)C)C(O)C(=O)NCC(=O)O. The first-order valence-corrected chi connectivity index (χ1v) is 7.09. The summed E-state index contributed by atoms with van der Waals surface area (Å²) in [5, 5.41) is 23.1. The minimum Gasteiger partial charge on any atom is -0.480 e. The summed E-state index contributed by atoms with van der Waals surface area (Å²) in [6, 6.07) is -0.872. The van der Waals surface area contributed by atoms with Crippen molar-refractivity contribution < 1.29 is 29.3 Å². The van der Waals surface area contributed by atoms with E-state index in [0.29, 0.717) is 6.42 Å². The highest BCUT2D eigenvalue weighted by Gasteiger charge is 2.30. The second-order valence-electron chi connectivity index (χ2n) is 6.44. The highest BCUT2D eigenvalue weighted by Crippen LogP contribution is 2.11. The van der Waals surface area contributed by atoms with E-state index < -0.39 is 42.3 Å². The fourth-order valence-electron chi connectivity index (χ4n) is 1.68. The van der Waals surface area contributed by atoms with Crippen molar-refractivity contribution in [2.45, 2.75) is 58.8 Å². The highest BCUT2D eigenvalue weighted by atomic mass is 16.6. The van der Waals surface area contributed by atoms with Gasteiger partial charge in [-0.3, -0.25) is 9.59 Å². The number of rotatable bonds is 7. The summed E-state index contributed by atoms with van der Waals surface area (Å²) in [6.07, 6.45) is -1.97. The van der Waals surface area contributed by atoms with Crippen LogP contribution in [0.15, 0.2) is 0 Å². The van der Waals surface area contributed by atoms with Crippen LogP contribution in [0.5, 0.6) is 0 Å². The molecule has 0 saturated heterocycles. The smallest absolute Gasteiger partial charge is 0.407 e. The molecule has 2 unspecified atom stereocenters. The molecule has 0 heterocycles. The van der Waals surface area contributed by atoms with Crippen LogP contribution in [0.2, 0.25) is 0 Å². The van der Waals surface area contributed by atoms with E-state index in [-0.39, 0.29) is 5.92 Å². The second kappa shape index (κ2) is 8.57. The molecule has 0 saturated carbocycles. The standard InChI is InChI=1S/C14H26N2O6/c1-8(2)6-9(16-13(21)22-14(3,4)5)11(19)12(20)15-7-10(17)18/h8-9,11,19H,6-7H2,1-5H3,(H,15,20)(H,16,21)(H,17,18). The zero-order valence-corrected chi connectivity index (χ0v) is 13.7. The van der Waals surface area contributed by atoms with Crippen molar-refractivity contribution in [3.8, 4) is 0 Å². The Morgan fingerprint density at radius 3 is 2.14 bits per heavy atom. The summed E-state index contributed by atoms with van der Waals surface area (Å²) in [5.74, 6) is -1.98. The number of carboxylic acid groups (broad SMARTS) is 1. The molecule has 128 valence electrons. The predicted molar refractivity (Wildman–Crippen MR) is 79.3 cm³/mol. The van der Waals surface area contributed by atoms with Crippen LogP contribution < -0.4 is 10.6 Å². The normalized spacial score (nSPS) is 14.1. The van der Waals surface area contributed by atoms with E-state index in [9.17, 15) is 19.5 Å². The van der Waals surface area contributed by atoms with Crippen LogP contribution in [0.4, 0.5) is 4.79 Å². The van der Waals surface area contributed by atoms with Crippen molar-refractivity contribution in [1.82, 2.24) is 10.6 Å². The Bertz CT molecular complexity index is 403. The molecule has 0 aromatic carbocycles. The number of hydrogen-bond acceptors (Lipinski definition) is 5. The number of aliphatic hydroxyl groups is 1. The van der Waals surface area contributed by atoms with Crippen LogP contribution in [0.1, 0.15) is 41.0 Å². The Hall–Kier alpha value is -1.83. The third kappa shape index (κ3) is 9.17. The van der Waals surface area contributed by atoms with Gasteiger partial charge in [-0.2, -0.15) is 0 Å². The van der Waals surface area contributed by atoms with Crippen LogP contribution >= 0.6 is 0 Å². The predicted octanol–water partition coefficient (Wildman–Crippen LogP) is 0.488. The van der Waals surface area contributed by atoms with Gasteiger partial charge in [0.05, 0.1) is 6.04 Å². The summed E-state index contributed by atoms with van der Waals surface area (Å²) in [5.41, 5.74) is -0.705. The molecule has 2 atom stereocenters. The summed E-state index contributed by atoms with van der Waals surface area (Å²) < 4.78 is 5.09. The Labute approximate surface area is 130 Å². The van der Waals surface area contributed by atoms with E-state index in [1.165, 1.54) is 0 Å². The molecule has 0 rings (SSSR count). The Morgan fingerprint density at radius 1 is 1.18 bits per heavy atom. The topological polar surface area (TPSA) is 125 Å². The molecule has 22 heavy (non-hydrogen) atoms. The summed E-state index contributed by atoms with van der Waals surface area (Å²) in [7, 11) is 0. The highest BCUT2D eigenvalue weighted by molar-refractivity contribution is 5.85. The van der Waals surface area contributed by atoms with E-state index >= 15 is 0 Å². The zero-order chi connectivity index (χ0) is 17.5. The van der Waals surface area contributed by atoms with Crippen molar-refractivity contribution in [3.05, 3.63) is 0 Å². The molecular weight excluding hydrogens is 292 g/mol. The van der Waals surface area contributed by atoms with E-state index in [1.807, 2.05) is 13.8 Å². The van der Waals surface area contributed by atoms with Gasteiger partial charge >= 0.3 is 12.1 Å². The zero-order valence-electron chi connectivity index (χ0n) is 13.7. The van der Waals surface area contributed by atoms with Gasteiger partial charge in [0.15, 0.2) is 6.10 Å². The fraction of sp³-hybridized carbons (Fsp3) is 0.786. The summed E-state index contributed by atoms with van der Waals surface area (Å²) in [4.78, 5) is 33.9. The number of hydrogen-bond donors (Lipinski definition) is 4. The molecule has 0 aliphatic rings. The molecule has 4 N–H and O–H groups in total. The van der Waals surface area contributed by atoms with E-state index in [1.54, 1.807) is 20.8 Å². The van der Waals surface area contributed by atoms with Gasteiger partial charge in [0.2, 0.25) is 0 Å². The quantitative estimate of drug-likeness (QED) is 0.541. The lowest BCUT2D eigenvalue weighted by Crippen LogP contribution is -2.52. The molecule has 2 amide bonds. The number of aliphatic hydroxyl groups excluding tert-OH is 1. The first-order chi connectivity index (χ1) is 9.92. The first-order valence-electron chi connectivity index (χ1n) is 7.09. The third-order valence-electron chi connectivity index (χ3n) is 2.49. The number of ether oxygens (including phenoxy) is 1. The van der Waals surface area contributed by atoms with E-state index in [2.05, 4.69) is 10.6 Å². The first kappa shape index (κ1) is 20.2. The van der Waals surface area contributed by atoms with Crippen molar-refractivity contribution >= 4 is 18.0 Å². The lowest BCUT2D eigenvalue weighted by atomic mass is 9.99. The van der Waals surface area contributed by atoms with Crippen LogP contribution in [0.25, 0.3) is 0 Å². The van der Waals surface area contributed by atoms with Gasteiger partial charge in [-0.15, -0.1) is 0 Å². The molecule has 0 aliphatic carbocycles. The number of aliphatic carboxylic acids is 1. The average molecular weight is 318 g/mol. The third-order valence-corrected chi connectivity index (χ3v) is 2.49. The summed E-state index contributed by atoms with van der Waals surface area (Å²) in [6.45, 7) is 8.22. The Morgan fingerprint density at radius 2 is 1.73 bits per heavy atom. The molecule has 8 nitrogen and oxygen atoms in total. The number of carbonyl (C=O) groups excluding carboxylic acids is 2. The number of carbonyl (C=O) groups is 3. The molecule has 0 radical (unpaired) electrons. The maximum atomic E-state index is 11.8. The van der Waals surface area contributed by atoms with Crippen molar-refractivity contribution in [3.63, 3.8) is 0 Å². The summed E-state index contributed by atoms with van der Waals surface area (Å²) >= 11 is 0. The van der Waals surface area contributed by atoms with Gasteiger partial charge in [-0.05, 0) is 33.1 Å². The number of carboxylic acids is 1. The van der Waals surface area contributed by atoms with Gasteiger partial charge < -0.3 is 25.6 Å². The monoisotopic (exact) mass is 318 g/mol. The molecule has 0 aromatic rings. The van der Waals surface area contributed by atoms with Crippen LogP contribution in [0.3, 0.4) is 0 Å². The van der Waals surface area contributed by atoms with E-state index in [0.717, 1.165) is 0 Å². The minimum absolute atomic E-state index is 0.0989. The van der Waals surface area contributed by atoms with E-state index in [4.69, 9.17) is 9.84 Å².